The third-order valence-electron chi connectivity index (χ3n) is 5.09. The van der Waals surface area contributed by atoms with Crippen LogP contribution in [0.3, 0.4) is 0 Å². The number of sulfonamides is 1. The van der Waals surface area contributed by atoms with Gasteiger partial charge in [0.2, 0.25) is 0 Å². The van der Waals surface area contributed by atoms with Crippen LogP contribution >= 0.6 is 0 Å². The highest BCUT2D eigenvalue weighted by atomic mass is 32.2. The molecule has 1 aliphatic rings. The number of para-hydroxylation sites is 3. The van der Waals surface area contributed by atoms with Gasteiger partial charge in [0.1, 0.15) is 5.75 Å². The van der Waals surface area contributed by atoms with Crippen molar-refractivity contribution >= 4 is 27.3 Å². The molecule has 0 saturated carbocycles. The number of carbonyl (C=O) groups is 1. The lowest BCUT2D eigenvalue weighted by Gasteiger charge is -2.34. The van der Waals surface area contributed by atoms with Crippen LogP contribution in [0.1, 0.15) is 11.1 Å². The average molecular weight is 423 g/mol. The quantitative estimate of drug-likeness (QED) is 0.692. The van der Waals surface area contributed by atoms with Gasteiger partial charge in [-0.05, 0) is 49.2 Å². The number of carbonyl (C=O) groups excluding carboxylic acids is 1. The number of nitrogens with zero attached hydrogens (tertiary/aromatic N) is 1. The Morgan fingerprint density at radius 1 is 0.933 bits per heavy atom. The SMILES string of the molecule is Cc1cccc(C)c1NC(=O)C1CN(S(=O)(=O)c2ccccc2)c2ccccc2O1. The molecule has 0 fully saturated rings. The van der Waals surface area contributed by atoms with E-state index in [0.717, 1.165) is 11.1 Å². The van der Waals surface area contributed by atoms with Crippen molar-refractivity contribution < 1.29 is 17.9 Å². The molecule has 4 rings (SSSR count). The van der Waals surface area contributed by atoms with Gasteiger partial charge in [0, 0.05) is 5.69 Å². The molecule has 3 aromatic rings. The Labute approximate surface area is 176 Å². The minimum absolute atomic E-state index is 0.120. The summed E-state index contributed by atoms with van der Waals surface area (Å²) in [6, 6.07) is 20.8. The fraction of sp³-hybridized carbons (Fsp3) is 0.174. The first-order valence-electron chi connectivity index (χ1n) is 9.58. The largest absolute Gasteiger partial charge is 0.476 e. The van der Waals surface area contributed by atoms with Crippen LogP contribution < -0.4 is 14.4 Å². The van der Waals surface area contributed by atoms with Gasteiger partial charge < -0.3 is 10.1 Å². The summed E-state index contributed by atoms with van der Waals surface area (Å²) < 4.78 is 33.8. The molecule has 0 radical (unpaired) electrons. The van der Waals surface area contributed by atoms with Crippen molar-refractivity contribution in [1.82, 2.24) is 0 Å². The van der Waals surface area contributed by atoms with E-state index < -0.39 is 22.0 Å². The van der Waals surface area contributed by atoms with Gasteiger partial charge >= 0.3 is 0 Å². The number of rotatable bonds is 4. The van der Waals surface area contributed by atoms with E-state index in [4.69, 9.17) is 4.74 Å². The van der Waals surface area contributed by atoms with E-state index in [-0.39, 0.29) is 11.4 Å². The molecule has 6 nitrogen and oxygen atoms in total. The molecule has 0 aliphatic carbocycles. The molecule has 154 valence electrons. The maximum atomic E-state index is 13.3. The Bertz CT molecular complexity index is 1170. The van der Waals surface area contributed by atoms with E-state index in [9.17, 15) is 13.2 Å². The molecule has 0 spiro atoms. The summed E-state index contributed by atoms with van der Waals surface area (Å²) in [5.41, 5.74) is 2.97. The molecular weight excluding hydrogens is 400 g/mol. The summed E-state index contributed by atoms with van der Waals surface area (Å²) in [4.78, 5) is 13.2. The minimum atomic E-state index is -3.86. The summed E-state index contributed by atoms with van der Waals surface area (Å²) in [5.74, 6) is -0.0416. The number of fused-ring (bicyclic) bond motifs is 1. The predicted octanol–water partition coefficient (Wildman–Crippen LogP) is 3.90. The van der Waals surface area contributed by atoms with Gasteiger partial charge in [0.05, 0.1) is 17.1 Å². The molecule has 1 unspecified atom stereocenters. The predicted molar refractivity (Wildman–Crippen MR) is 116 cm³/mol. The Kier molecular flexibility index (Phi) is 5.22. The highest BCUT2D eigenvalue weighted by Crippen LogP contribution is 2.37. The van der Waals surface area contributed by atoms with E-state index in [0.29, 0.717) is 17.1 Å². The Morgan fingerprint density at radius 2 is 1.57 bits per heavy atom. The molecule has 1 amide bonds. The maximum Gasteiger partial charge on any atom is 0.267 e. The van der Waals surface area contributed by atoms with Crippen molar-refractivity contribution in [3.8, 4) is 5.75 Å². The summed E-state index contributed by atoms with van der Waals surface area (Å²) in [6.07, 6.45) is -0.989. The van der Waals surface area contributed by atoms with Crippen LogP contribution in [-0.4, -0.2) is 27.0 Å². The molecular formula is C23H22N2O4S. The van der Waals surface area contributed by atoms with Crippen molar-refractivity contribution in [3.63, 3.8) is 0 Å². The fourth-order valence-electron chi connectivity index (χ4n) is 3.50. The zero-order valence-electron chi connectivity index (χ0n) is 16.7. The normalized spacial score (nSPS) is 15.8. The van der Waals surface area contributed by atoms with Gasteiger partial charge in [-0.3, -0.25) is 9.10 Å². The first-order chi connectivity index (χ1) is 14.4. The number of benzene rings is 3. The lowest BCUT2D eigenvalue weighted by molar-refractivity contribution is -0.122. The molecule has 1 N–H and O–H groups in total. The highest BCUT2D eigenvalue weighted by molar-refractivity contribution is 7.92. The maximum absolute atomic E-state index is 13.3. The average Bonchev–Trinajstić information content (AvgIpc) is 2.76. The lowest BCUT2D eigenvalue weighted by atomic mass is 10.1. The van der Waals surface area contributed by atoms with E-state index >= 15 is 0 Å². The Morgan fingerprint density at radius 3 is 2.27 bits per heavy atom. The molecule has 7 heteroatoms. The number of ether oxygens (including phenoxy) is 1. The number of hydrogen-bond donors (Lipinski definition) is 1. The van der Waals surface area contributed by atoms with Crippen LogP contribution in [0.15, 0.2) is 77.7 Å². The van der Waals surface area contributed by atoms with Gasteiger partial charge in [-0.1, -0.05) is 48.5 Å². The van der Waals surface area contributed by atoms with Gasteiger partial charge in [-0.25, -0.2) is 8.42 Å². The van der Waals surface area contributed by atoms with Crippen LogP contribution in [0.4, 0.5) is 11.4 Å². The third kappa shape index (κ3) is 3.64. The molecule has 1 heterocycles. The highest BCUT2D eigenvalue weighted by Gasteiger charge is 2.37. The van der Waals surface area contributed by atoms with E-state index in [1.165, 1.54) is 4.31 Å². The lowest BCUT2D eigenvalue weighted by Crippen LogP contribution is -2.48. The van der Waals surface area contributed by atoms with Crippen LogP contribution in [-0.2, 0) is 14.8 Å². The van der Waals surface area contributed by atoms with Crippen molar-refractivity contribution in [3.05, 3.63) is 83.9 Å². The number of aryl methyl sites for hydroxylation is 2. The smallest absolute Gasteiger partial charge is 0.267 e. The first kappa shape index (κ1) is 20.0. The van der Waals surface area contributed by atoms with Gasteiger partial charge in [-0.15, -0.1) is 0 Å². The second-order valence-electron chi connectivity index (χ2n) is 7.18. The van der Waals surface area contributed by atoms with Crippen LogP contribution in [0.2, 0.25) is 0 Å². The van der Waals surface area contributed by atoms with Gasteiger partial charge in [0.15, 0.2) is 6.10 Å². The standard InChI is InChI=1S/C23H22N2O4S/c1-16-9-8-10-17(2)22(16)24-23(26)21-15-25(19-13-6-7-14-20(19)29-21)30(27,28)18-11-4-3-5-12-18/h3-14,21H,15H2,1-2H3,(H,24,26). The van der Waals surface area contributed by atoms with Gasteiger partial charge in [0.25, 0.3) is 15.9 Å². The van der Waals surface area contributed by atoms with Crippen LogP contribution in [0.5, 0.6) is 5.75 Å². The third-order valence-corrected chi connectivity index (χ3v) is 6.88. The van der Waals surface area contributed by atoms with Crippen molar-refractivity contribution in [2.75, 3.05) is 16.2 Å². The summed E-state index contributed by atoms with van der Waals surface area (Å²) >= 11 is 0. The molecule has 3 aromatic carbocycles. The molecule has 0 saturated heterocycles. The number of anilines is 2. The second-order valence-corrected chi connectivity index (χ2v) is 9.04. The molecule has 1 atom stereocenters. The van der Waals surface area contributed by atoms with Crippen molar-refractivity contribution in [2.45, 2.75) is 24.8 Å². The molecule has 0 aromatic heterocycles. The van der Waals surface area contributed by atoms with Crippen LogP contribution in [0.25, 0.3) is 0 Å². The topological polar surface area (TPSA) is 75.7 Å². The molecule has 0 bridgehead atoms. The Hall–Kier alpha value is -3.32. The van der Waals surface area contributed by atoms with E-state index in [1.807, 2.05) is 32.0 Å². The van der Waals surface area contributed by atoms with E-state index in [2.05, 4.69) is 5.32 Å². The minimum Gasteiger partial charge on any atom is -0.476 e. The molecule has 1 aliphatic heterocycles. The van der Waals surface area contributed by atoms with Gasteiger partial charge in [-0.2, -0.15) is 0 Å². The number of amides is 1. The van der Waals surface area contributed by atoms with Crippen molar-refractivity contribution in [1.29, 1.82) is 0 Å². The fourth-order valence-corrected chi connectivity index (χ4v) is 5.00. The summed E-state index contributed by atoms with van der Waals surface area (Å²) in [7, 11) is -3.86. The number of hydrogen-bond acceptors (Lipinski definition) is 4. The number of nitrogens with one attached hydrogen (secondary N) is 1. The van der Waals surface area contributed by atoms with Crippen molar-refractivity contribution in [2.24, 2.45) is 0 Å². The Balaban J connectivity index is 1.69. The first-order valence-corrected chi connectivity index (χ1v) is 11.0. The van der Waals surface area contributed by atoms with E-state index in [1.54, 1.807) is 54.6 Å². The van der Waals surface area contributed by atoms with Crippen LogP contribution in [0, 0.1) is 13.8 Å². The summed E-state index contributed by atoms with van der Waals surface area (Å²) in [5, 5.41) is 2.91. The zero-order chi connectivity index (χ0) is 21.3. The summed E-state index contributed by atoms with van der Waals surface area (Å²) in [6.45, 7) is 3.70. The molecule has 30 heavy (non-hydrogen) atoms. The zero-order valence-corrected chi connectivity index (χ0v) is 17.5. The monoisotopic (exact) mass is 422 g/mol. The second kappa shape index (κ2) is 7.84.